The van der Waals surface area contributed by atoms with Gasteiger partial charge in [0, 0.05) is 23.7 Å². The second kappa shape index (κ2) is 11.7. The van der Waals surface area contributed by atoms with Crippen LogP contribution in [0.15, 0.2) is 36.9 Å². The van der Waals surface area contributed by atoms with E-state index in [1.165, 1.54) is 24.3 Å². The molecule has 0 spiro atoms. The second-order valence-electron chi connectivity index (χ2n) is 9.31. The average molecular weight is 493 g/mol. The van der Waals surface area contributed by atoms with Crippen molar-refractivity contribution in [2.75, 3.05) is 19.8 Å². The van der Waals surface area contributed by atoms with Crippen molar-refractivity contribution in [2.45, 2.75) is 63.8 Å². The Kier molecular flexibility index (Phi) is 8.63. The molecule has 2 fully saturated rings. The fourth-order valence-corrected chi connectivity index (χ4v) is 4.97. The Morgan fingerprint density at radius 1 is 0.886 bits per heavy atom. The zero-order valence-electron chi connectivity index (χ0n) is 20.0. The zero-order chi connectivity index (χ0) is 24.9. The highest BCUT2D eigenvalue weighted by molar-refractivity contribution is 5.66. The van der Waals surface area contributed by atoms with Crippen LogP contribution in [0.2, 0.25) is 0 Å². The van der Waals surface area contributed by atoms with Gasteiger partial charge in [0.05, 0.1) is 19.3 Å². The molecule has 3 nitrogen and oxygen atoms in total. The highest BCUT2D eigenvalue weighted by atomic mass is 19.2. The van der Waals surface area contributed by atoms with Gasteiger partial charge in [0.15, 0.2) is 29.6 Å². The lowest BCUT2D eigenvalue weighted by Crippen LogP contribution is -2.27. The van der Waals surface area contributed by atoms with Crippen molar-refractivity contribution < 1.29 is 31.8 Å². The van der Waals surface area contributed by atoms with Crippen LogP contribution < -0.4 is 0 Å². The number of rotatable bonds is 8. The van der Waals surface area contributed by atoms with Gasteiger partial charge in [-0.3, -0.25) is 0 Å². The number of benzene rings is 2. The van der Waals surface area contributed by atoms with Crippen LogP contribution in [0.1, 0.15) is 56.1 Å². The Labute approximate surface area is 204 Å². The highest BCUT2D eigenvalue weighted by Gasteiger charge is 2.28. The van der Waals surface area contributed by atoms with Gasteiger partial charge in [0.25, 0.3) is 0 Å². The third-order valence-corrected chi connectivity index (χ3v) is 7.08. The minimum absolute atomic E-state index is 0.0547. The summed E-state index contributed by atoms with van der Waals surface area (Å²) in [6, 6.07) is 5.54. The van der Waals surface area contributed by atoms with E-state index >= 15 is 4.39 Å². The van der Waals surface area contributed by atoms with Gasteiger partial charge in [-0.05, 0) is 62.5 Å². The van der Waals surface area contributed by atoms with Crippen molar-refractivity contribution >= 4 is 0 Å². The summed E-state index contributed by atoms with van der Waals surface area (Å²) >= 11 is 0. The van der Waals surface area contributed by atoms with Crippen LogP contribution in [-0.4, -0.2) is 32.2 Å². The number of halogens is 4. The Morgan fingerprint density at radius 2 is 1.63 bits per heavy atom. The second-order valence-corrected chi connectivity index (χ2v) is 9.31. The van der Waals surface area contributed by atoms with E-state index in [0.717, 1.165) is 12.8 Å². The van der Waals surface area contributed by atoms with Crippen LogP contribution in [-0.2, 0) is 20.6 Å². The van der Waals surface area contributed by atoms with E-state index in [0.29, 0.717) is 38.9 Å². The first kappa shape index (κ1) is 25.9. The minimum Gasteiger partial charge on any atom is -0.374 e. The molecule has 4 rings (SSSR count). The first-order valence-electron chi connectivity index (χ1n) is 12.3. The largest absolute Gasteiger partial charge is 0.374 e. The summed E-state index contributed by atoms with van der Waals surface area (Å²) in [5.41, 5.74) is -0.195. The molecule has 2 aromatic carbocycles. The smallest absolute Gasteiger partial charge is 0.167 e. The van der Waals surface area contributed by atoms with E-state index < -0.39 is 23.3 Å². The van der Waals surface area contributed by atoms with Gasteiger partial charge in [-0.2, -0.15) is 0 Å². The van der Waals surface area contributed by atoms with Crippen molar-refractivity contribution in [3.63, 3.8) is 0 Å². The Morgan fingerprint density at radius 3 is 2.26 bits per heavy atom. The molecular formula is C28H32F4O3. The monoisotopic (exact) mass is 492 g/mol. The summed E-state index contributed by atoms with van der Waals surface area (Å²) in [5.74, 6) is -4.48. The molecule has 2 heterocycles. The first-order chi connectivity index (χ1) is 16.9. The summed E-state index contributed by atoms with van der Waals surface area (Å²) in [6.45, 7) is 6.88. The number of ether oxygens (including phenoxy) is 3. The maximum atomic E-state index is 15.0. The average Bonchev–Trinajstić information content (AvgIpc) is 2.88. The molecular weight excluding hydrogens is 460 g/mol. The van der Waals surface area contributed by atoms with Crippen molar-refractivity contribution in [2.24, 2.45) is 5.92 Å². The van der Waals surface area contributed by atoms with Crippen molar-refractivity contribution in [3.8, 4) is 11.1 Å². The normalized spacial score (nSPS) is 24.9. The fraction of sp³-hybridized carbons (Fsp3) is 0.500. The van der Waals surface area contributed by atoms with Gasteiger partial charge < -0.3 is 14.2 Å². The molecule has 2 aliphatic rings. The predicted molar refractivity (Wildman–Crippen MR) is 126 cm³/mol. The lowest BCUT2D eigenvalue weighted by molar-refractivity contribution is -0.164. The lowest BCUT2D eigenvalue weighted by Gasteiger charge is -2.29. The standard InChI is InChI=1S/C28H32F4O3/c1-3-20-10-6-17(15-34-20)5-7-18-8-11-22(27(31)25(18)29)23-13-12-21(26(30)28(23)32)19-9-14-24(33-4-2)35-16-19/h3,8,11-13,17,19-20,24H,1,4-7,9-10,14-16H2,2H3. The maximum Gasteiger partial charge on any atom is 0.167 e. The van der Waals surface area contributed by atoms with Crippen LogP contribution in [0.5, 0.6) is 0 Å². The third kappa shape index (κ3) is 5.79. The molecule has 0 bridgehead atoms. The summed E-state index contributed by atoms with van der Waals surface area (Å²) < 4.78 is 76.5. The molecule has 7 heteroatoms. The van der Waals surface area contributed by atoms with Gasteiger partial charge in [-0.25, -0.2) is 17.6 Å². The van der Waals surface area contributed by atoms with E-state index in [-0.39, 0.29) is 53.1 Å². The van der Waals surface area contributed by atoms with E-state index in [4.69, 9.17) is 14.2 Å². The van der Waals surface area contributed by atoms with Crippen molar-refractivity contribution in [1.82, 2.24) is 0 Å². The Hall–Kier alpha value is -2.22. The topological polar surface area (TPSA) is 27.7 Å². The van der Waals surface area contributed by atoms with E-state index in [1.807, 2.05) is 6.92 Å². The molecule has 2 aliphatic heterocycles. The van der Waals surface area contributed by atoms with Crippen LogP contribution in [0, 0.1) is 29.2 Å². The molecule has 4 unspecified atom stereocenters. The fourth-order valence-electron chi connectivity index (χ4n) is 4.97. The molecule has 2 aromatic rings. The first-order valence-corrected chi connectivity index (χ1v) is 12.3. The number of hydrogen-bond donors (Lipinski definition) is 0. The molecule has 0 amide bonds. The van der Waals surface area contributed by atoms with Gasteiger partial charge in [-0.1, -0.05) is 30.3 Å². The van der Waals surface area contributed by atoms with Gasteiger partial charge >= 0.3 is 0 Å². The van der Waals surface area contributed by atoms with Gasteiger partial charge in [0.2, 0.25) is 0 Å². The predicted octanol–water partition coefficient (Wildman–Crippen LogP) is 7.08. The molecule has 0 N–H and O–H groups in total. The van der Waals surface area contributed by atoms with E-state index in [2.05, 4.69) is 6.58 Å². The third-order valence-electron chi connectivity index (χ3n) is 7.08. The summed E-state index contributed by atoms with van der Waals surface area (Å²) in [7, 11) is 0. The molecule has 0 aliphatic carbocycles. The molecule has 0 radical (unpaired) electrons. The molecule has 4 atom stereocenters. The quantitative estimate of drug-likeness (QED) is 0.291. The van der Waals surface area contributed by atoms with Crippen molar-refractivity contribution in [1.29, 1.82) is 0 Å². The summed E-state index contributed by atoms with van der Waals surface area (Å²) in [6.07, 6.45) is 5.45. The Bertz CT molecular complexity index is 1030. The summed E-state index contributed by atoms with van der Waals surface area (Å²) in [5, 5.41) is 0. The summed E-state index contributed by atoms with van der Waals surface area (Å²) in [4.78, 5) is 0. The lowest BCUT2D eigenvalue weighted by atomic mass is 9.89. The Balaban J connectivity index is 1.46. The van der Waals surface area contributed by atoms with E-state index in [1.54, 1.807) is 6.08 Å². The van der Waals surface area contributed by atoms with Crippen LogP contribution >= 0.6 is 0 Å². The van der Waals surface area contributed by atoms with Crippen molar-refractivity contribution in [3.05, 3.63) is 71.3 Å². The molecule has 0 saturated carbocycles. The number of aryl methyl sites for hydroxylation is 1. The molecule has 190 valence electrons. The van der Waals surface area contributed by atoms with Crippen LogP contribution in [0.3, 0.4) is 0 Å². The van der Waals surface area contributed by atoms with E-state index in [9.17, 15) is 13.2 Å². The SMILES string of the molecule is C=CC1CCC(CCc2ccc(-c3ccc(C4CCC(OCC)OC4)c(F)c3F)c(F)c2F)CO1. The number of hydrogen-bond acceptors (Lipinski definition) is 3. The minimum atomic E-state index is -1.18. The molecule has 2 saturated heterocycles. The van der Waals surface area contributed by atoms with Crippen LogP contribution in [0.25, 0.3) is 11.1 Å². The van der Waals surface area contributed by atoms with Gasteiger partial charge in [0.1, 0.15) is 0 Å². The molecule has 0 aromatic heterocycles. The van der Waals surface area contributed by atoms with Crippen LogP contribution in [0.4, 0.5) is 17.6 Å². The molecule has 35 heavy (non-hydrogen) atoms. The maximum absolute atomic E-state index is 15.0. The highest BCUT2D eigenvalue weighted by Crippen LogP contribution is 2.36. The van der Waals surface area contributed by atoms with Gasteiger partial charge in [-0.15, -0.1) is 6.58 Å². The zero-order valence-corrected chi connectivity index (χ0v) is 20.0.